The van der Waals surface area contributed by atoms with E-state index in [9.17, 15) is 18.0 Å². The molecule has 2 aromatic carbocycles. The smallest absolute Gasteiger partial charge is 0.331 e. The minimum atomic E-state index is -3.32. The maximum absolute atomic E-state index is 12.5. The molecule has 0 aliphatic carbocycles. The highest BCUT2D eigenvalue weighted by atomic mass is 32.2. The van der Waals surface area contributed by atoms with Crippen LogP contribution in [-0.4, -0.2) is 37.4 Å². The fraction of sp³-hybridized carbons (Fsp3) is 0.263. The third kappa shape index (κ3) is 3.86. The summed E-state index contributed by atoms with van der Waals surface area (Å²) in [6.07, 6.45) is 1.13. The van der Waals surface area contributed by atoms with Crippen molar-refractivity contribution in [3.63, 3.8) is 0 Å². The number of hydroxylamine groups is 2. The van der Waals surface area contributed by atoms with Gasteiger partial charge in [0.25, 0.3) is 5.91 Å². The Hall–Kier alpha value is -2.32. The fourth-order valence-corrected chi connectivity index (χ4v) is 4.53. The zero-order chi connectivity index (χ0) is 19.8. The van der Waals surface area contributed by atoms with Gasteiger partial charge >= 0.3 is 5.97 Å². The van der Waals surface area contributed by atoms with Crippen LogP contribution in [0, 0.1) is 6.92 Å². The summed E-state index contributed by atoms with van der Waals surface area (Å²) >= 11 is 1.32. The molecule has 1 saturated heterocycles. The van der Waals surface area contributed by atoms with Gasteiger partial charge in [-0.05, 0) is 43.7 Å². The number of hydrogen-bond donors (Lipinski definition) is 0. The van der Waals surface area contributed by atoms with Crippen LogP contribution in [0.15, 0.2) is 53.4 Å². The molecular weight excluding hydrogens is 386 g/mol. The first kappa shape index (κ1) is 19.4. The van der Waals surface area contributed by atoms with Crippen molar-refractivity contribution >= 4 is 33.5 Å². The SMILES string of the molecule is Cc1cccc(C(=O)ON2C(=O)CSC2(C)c2ccc(S(C)(=O)=O)cc2)c1. The van der Waals surface area contributed by atoms with Gasteiger partial charge in [0, 0.05) is 6.26 Å². The molecule has 0 radical (unpaired) electrons. The Morgan fingerprint density at radius 1 is 1.19 bits per heavy atom. The van der Waals surface area contributed by atoms with E-state index < -0.39 is 20.7 Å². The van der Waals surface area contributed by atoms with E-state index >= 15 is 0 Å². The number of hydrogen-bond acceptors (Lipinski definition) is 6. The highest BCUT2D eigenvalue weighted by Crippen LogP contribution is 2.45. The number of sulfone groups is 1. The summed E-state index contributed by atoms with van der Waals surface area (Å²) in [7, 11) is -3.32. The number of nitrogens with zero attached hydrogens (tertiary/aromatic N) is 1. The van der Waals surface area contributed by atoms with Gasteiger partial charge in [0.2, 0.25) is 0 Å². The van der Waals surface area contributed by atoms with Gasteiger partial charge in [0.05, 0.1) is 16.2 Å². The molecule has 0 saturated carbocycles. The van der Waals surface area contributed by atoms with Gasteiger partial charge in [-0.25, -0.2) is 13.2 Å². The van der Waals surface area contributed by atoms with Crippen LogP contribution in [0.4, 0.5) is 0 Å². The predicted molar refractivity (Wildman–Crippen MR) is 103 cm³/mol. The van der Waals surface area contributed by atoms with Crippen LogP contribution in [-0.2, 0) is 24.3 Å². The summed E-state index contributed by atoms with van der Waals surface area (Å²) in [6.45, 7) is 3.63. The standard InChI is InChI=1S/C19H19NO5S2/c1-13-5-4-6-14(11-13)18(22)25-20-17(21)12-26-19(20,2)15-7-9-16(10-8-15)27(3,23)24/h4-11H,12H2,1-3H3. The summed E-state index contributed by atoms with van der Waals surface area (Å²) in [4.78, 5) is 29.5. The van der Waals surface area contributed by atoms with Gasteiger partial charge in [-0.3, -0.25) is 4.79 Å². The van der Waals surface area contributed by atoms with E-state index in [0.29, 0.717) is 11.1 Å². The molecule has 0 spiro atoms. The minimum absolute atomic E-state index is 0.158. The van der Waals surface area contributed by atoms with E-state index in [1.165, 1.54) is 23.9 Å². The number of carbonyl (C=O) groups is 2. The lowest BCUT2D eigenvalue weighted by molar-refractivity contribution is -0.175. The molecule has 3 rings (SSSR count). The van der Waals surface area contributed by atoms with Crippen LogP contribution in [0.3, 0.4) is 0 Å². The Morgan fingerprint density at radius 3 is 2.44 bits per heavy atom. The van der Waals surface area contributed by atoms with E-state index in [1.54, 1.807) is 37.3 Å². The van der Waals surface area contributed by atoms with Crippen LogP contribution < -0.4 is 0 Å². The lowest BCUT2D eigenvalue weighted by atomic mass is 10.1. The highest BCUT2D eigenvalue weighted by Gasteiger charge is 2.47. The number of carbonyl (C=O) groups excluding carboxylic acids is 2. The number of aryl methyl sites for hydroxylation is 1. The third-order valence-electron chi connectivity index (χ3n) is 4.34. The molecule has 1 aliphatic rings. The lowest BCUT2D eigenvalue weighted by Gasteiger charge is -2.32. The summed E-state index contributed by atoms with van der Waals surface area (Å²) in [5, 5.41) is 1.08. The molecule has 1 fully saturated rings. The molecule has 142 valence electrons. The minimum Gasteiger partial charge on any atom is -0.331 e. The van der Waals surface area contributed by atoms with Crippen molar-refractivity contribution in [3.05, 3.63) is 65.2 Å². The first-order valence-corrected chi connectivity index (χ1v) is 11.1. The van der Waals surface area contributed by atoms with Crippen molar-refractivity contribution in [2.24, 2.45) is 0 Å². The van der Waals surface area contributed by atoms with Crippen molar-refractivity contribution in [1.29, 1.82) is 0 Å². The fourth-order valence-electron chi connectivity index (χ4n) is 2.82. The summed E-state index contributed by atoms with van der Waals surface area (Å²) in [5.41, 5.74) is 1.93. The van der Waals surface area contributed by atoms with E-state index in [4.69, 9.17) is 4.84 Å². The lowest BCUT2D eigenvalue weighted by Crippen LogP contribution is -2.41. The van der Waals surface area contributed by atoms with Crippen molar-refractivity contribution in [2.45, 2.75) is 23.6 Å². The zero-order valence-corrected chi connectivity index (χ0v) is 16.8. The van der Waals surface area contributed by atoms with Crippen molar-refractivity contribution in [2.75, 3.05) is 12.0 Å². The molecule has 27 heavy (non-hydrogen) atoms. The first-order chi connectivity index (χ1) is 12.6. The van der Waals surface area contributed by atoms with E-state index in [-0.39, 0.29) is 16.6 Å². The molecule has 0 bridgehead atoms. The van der Waals surface area contributed by atoms with Crippen LogP contribution >= 0.6 is 11.8 Å². The maximum Gasteiger partial charge on any atom is 0.363 e. The second kappa shape index (κ2) is 7.01. The highest BCUT2D eigenvalue weighted by molar-refractivity contribution is 8.01. The van der Waals surface area contributed by atoms with Crippen LogP contribution in [0.1, 0.15) is 28.4 Å². The van der Waals surface area contributed by atoms with Gasteiger partial charge < -0.3 is 4.84 Å². The number of amides is 1. The molecule has 1 atom stereocenters. The topological polar surface area (TPSA) is 80.8 Å². The number of rotatable bonds is 4. The second-order valence-corrected chi connectivity index (χ2v) is 9.89. The van der Waals surface area contributed by atoms with Crippen LogP contribution in [0.25, 0.3) is 0 Å². The molecule has 2 aromatic rings. The normalized spacial score (nSPS) is 20.0. The van der Waals surface area contributed by atoms with Crippen molar-refractivity contribution in [1.82, 2.24) is 5.06 Å². The van der Waals surface area contributed by atoms with Gasteiger partial charge in [-0.15, -0.1) is 16.8 Å². The molecule has 6 nitrogen and oxygen atoms in total. The van der Waals surface area contributed by atoms with Crippen molar-refractivity contribution in [3.8, 4) is 0 Å². The molecule has 8 heteroatoms. The third-order valence-corrected chi connectivity index (χ3v) is 6.82. The summed E-state index contributed by atoms with van der Waals surface area (Å²) in [6, 6.07) is 13.2. The van der Waals surface area contributed by atoms with E-state index in [1.807, 2.05) is 13.0 Å². The molecule has 1 amide bonds. The molecular formula is C19H19NO5S2. The van der Waals surface area contributed by atoms with Gasteiger partial charge in [-0.2, -0.15) is 0 Å². The van der Waals surface area contributed by atoms with Gasteiger partial charge in [-0.1, -0.05) is 29.8 Å². The van der Waals surface area contributed by atoms with Gasteiger partial charge in [0.1, 0.15) is 4.87 Å². The maximum atomic E-state index is 12.5. The average molecular weight is 405 g/mol. The van der Waals surface area contributed by atoms with E-state index in [0.717, 1.165) is 16.9 Å². The quantitative estimate of drug-likeness (QED) is 0.778. The van der Waals surface area contributed by atoms with Crippen molar-refractivity contribution < 1.29 is 22.8 Å². The Balaban J connectivity index is 1.90. The Bertz CT molecular complexity index is 1000. The zero-order valence-electron chi connectivity index (χ0n) is 15.1. The van der Waals surface area contributed by atoms with Gasteiger partial charge in [0.15, 0.2) is 9.84 Å². The first-order valence-electron chi connectivity index (χ1n) is 8.18. The summed E-state index contributed by atoms with van der Waals surface area (Å²) < 4.78 is 23.3. The largest absolute Gasteiger partial charge is 0.363 e. The number of thioether (sulfide) groups is 1. The Kier molecular flexibility index (Phi) is 5.05. The Labute approximate surface area is 162 Å². The molecule has 0 aromatic heterocycles. The molecule has 1 heterocycles. The van der Waals surface area contributed by atoms with Crippen LogP contribution in [0.5, 0.6) is 0 Å². The average Bonchev–Trinajstić information content (AvgIpc) is 2.90. The van der Waals surface area contributed by atoms with Crippen LogP contribution in [0.2, 0.25) is 0 Å². The summed E-state index contributed by atoms with van der Waals surface area (Å²) in [5.74, 6) is -0.782. The molecule has 1 aliphatic heterocycles. The second-order valence-electron chi connectivity index (χ2n) is 6.50. The number of benzene rings is 2. The molecule has 0 N–H and O–H groups in total. The predicted octanol–water partition coefficient (Wildman–Crippen LogP) is 2.92. The molecule has 1 unspecified atom stereocenters. The Morgan fingerprint density at radius 2 is 1.85 bits per heavy atom. The van der Waals surface area contributed by atoms with E-state index in [2.05, 4.69) is 0 Å². The monoisotopic (exact) mass is 405 g/mol.